The zero-order chi connectivity index (χ0) is 19.5. The molecule has 0 aliphatic heterocycles. The molecule has 1 heterocycles. The van der Waals surface area contributed by atoms with Crippen LogP contribution in [0.1, 0.15) is 71.9 Å². The van der Waals surface area contributed by atoms with E-state index in [0.29, 0.717) is 29.6 Å². The van der Waals surface area contributed by atoms with Crippen molar-refractivity contribution < 1.29 is 14.3 Å². The predicted molar refractivity (Wildman–Crippen MR) is 107 cm³/mol. The standard InChI is InChI=1S/C22H29N3O3/c1-27-20-13-7-11-17(21(20)28-2)22(26)23-14-18-16-10-5-6-12-19(16)25(24-18)15-8-3-4-9-15/h7,11,13,15H,3-6,8-10,12,14H2,1-2H3,(H,23,26). The van der Waals surface area contributed by atoms with Gasteiger partial charge in [-0.15, -0.1) is 0 Å². The number of nitrogens with zero attached hydrogens (tertiary/aromatic N) is 2. The Morgan fingerprint density at radius 3 is 2.68 bits per heavy atom. The van der Waals surface area contributed by atoms with Gasteiger partial charge in [-0.3, -0.25) is 9.48 Å². The van der Waals surface area contributed by atoms with Gasteiger partial charge in [0.25, 0.3) is 5.91 Å². The molecule has 1 saturated carbocycles. The Balaban J connectivity index is 1.55. The molecular formula is C22H29N3O3. The Morgan fingerprint density at radius 2 is 1.93 bits per heavy atom. The SMILES string of the molecule is COc1cccc(C(=O)NCc2nn(C3CCCC3)c3c2CCCC3)c1OC. The van der Waals surface area contributed by atoms with E-state index in [2.05, 4.69) is 10.00 Å². The van der Waals surface area contributed by atoms with Crippen molar-refractivity contribution in [1.82, 2.24) is 15.1 Å². The number of para-hydroxylation sites is 1. The zero-order valence-electron chi connectivity index (χ0n) is 16.8. The highest BCUT2D eigenvalue weighted by Crippen LogP contribution is 2.34. The number of fused-ring (bicyclic) bond motifs is 1. The third-order valence-electron chi connectivity index (χ3n) is 6.03. The van der Waals surface area contributed by atoms with Gasteiger partial charge in [-0.2, -0.15) is 5.10 Å². The van der Waals surface area contributed by atoms with Gasteiger partial charge in [-0.1, -0.05) is 18.9 Å². The van der Waals surface area contributed by atoms with Gasteiger partial charge < -0.3 is 14.8 Å². The number of ether oxygens (including phenoxy) is 2. The molecule has 1 aromatic carbocycles. The number of carbonyl (C=O) groups excluding carboxylic acids is 1. The number of benzene rings is 1. The summed E-state index contributed by atoms with van der Waals surface area (Å²) >= 11 is 0. The molecule has 2 aliphatic carbocycles. The molecule has 0 atom stereocenters. The lowest BCUT2D eigenvalue weighted by Gasteiger charge is -2.18. The molecule has 0 unspecified atom stereocenters. The van der Waals surface area contributed by atoms with Crippen LogP contribution in [0.5, 0.6) is 11.5 Å². The smallest absolute Gasteiger partial charge is 0.255 e. The largest absolute Gasteiger partial charge is 0.493 e. The quantitative estimate of drug-likeness (QED) is 0.823. The maximum atomic E-state index is 12.8. The van der Waals surface area contributed by atoms with Gasteiger partial charge in [0.1, 0.15) is 0 Å². The Hall–Kier alpha value is -2.50. The molecule has 4 rings (SSSR count). The molecule has 0 bridgehead atoms. The topological polar surface area (TPSA) is 65.4 Å². The van der Waals surface area contributed by atoms with Crippen molar-refractivity contribution in [2.24, 2.45) is 0 Å². The molecule has 28 heavy (non-hydrogen) atoms. The van der Waals surface area contributed by atoms with Gasteiger partial charge in [0.2, 0.25) is 0 Å². The maximum Gasteiger partial charge on any atom is 0.255 e. The van der Waals surface area contributed by atoms with E-state index in [4.69, 9.17) is 14.6 Å². The van der Waals surface area contributed by atoms with Crippen LogP contribution < -0.4 is 14.8 Å². The third kappa shape index (κ3) is 3.48. The zero-order valence-corrected chi connectivity index (χ0v) is 16.8. The van der Waals surface area contributed by atoms with E-state index >= 15 is 0 Å². The van der Waals surface area contributed by atoms with E-state index < -0.39 is 0 Å². The molecule has 150 valence electrons. The number of hydrogen-bond acceptors (Lipinski definition) is 4. The van der Waals surface area contributed by atoms with Crippen LogP contribution in [-0.2, 0) is 19.4 Å². The second-order valence-corrected chi connectivity index (χ2v) is 7.69. The monoisotopic (exact) mass is 383 g/mol. The van der Waals surface area contributed by atoms with Crippen LogP contribution in [0.25, 0.3) is 0 Å². The van der Waals surface area contributed by atoms with Crippen LogP contribution in [0.3, 0.4) is 0 Å². The lowest BCUT2D eigenvalue weighted by molar-refractivity contribution is 0.0946. The Morgan fingerprint density at radius 1 is 1.14 bits per heavy atom. The highest BCUT2D eigenvalue weighted by molar-refractivity contribution is 5.97. The van der Waals surface area contributed by atoms with Crippen LogP contribution in [0.2, 0.25) is 0 Å². The van der Waals surface area contributed by atoms with Crippen molar-refractivity contribution in [3.8, 4) is 11.5 Å². The lowest BCUT2D eigenvalue weighted by atomic mass is 9.95. The van der Waals surface area contributed by atoms with Crippen molar-refractivity contribution in [2.75, 3.05) is 14.2 Å². The summed E-state index contributed by atoms with van der Waals surface area (Å²) in [5.41, 5.74) is 4.26. The van der Waals surface area contributed by atoms with E-state index in [1.807, 2.05) is 0 Å². The Bertz CT molecular complexity index is 853. The highest BCUT2D eigenvalue weighted by atomic mass is 16.5. The highest BCUT2D eigenvalue weighted by Gasteiger charge is 2.27. The number of hydrogen-bond donors (Lipinski definition) is 1. The number of aromatic nitrogens is 2. The molecule has 2 aromatic rings. The van der Waals surface area contributed by atoms with Crippen molar-refractivity contribution in [3.63, 3.8) is 0 Å². The number of methoxy groups -OCH3 is 2. The molecule has 1 fully saturated rings. The summed E-state index contributed by atoms with van der Waals surface area (Å²) in [7, 11) is 3.12. The molecule has 0 spiro atoms. The first-order valence-electron chi connectivity index (χ1n) is 10.3. The third-order valence-corrected chi connectivity index (χ3v) is 6.03. The summed E-state index contributed by atoms with van der Waals surface area (Å²) in [6, 6.07) is 5.88. The number of carbonyl (C=O) groups is 1. The summed E-state index contributed by atoms with van der Waals surface area (Å²) in [6.07, 6.45) is 9.64. The summed E-state index contributed by atoms with van der Waals surface area (Å²) in [4.78, 5) is 12.8. The van der Waals surface area contributed by atoms with Crippen LogP contribution in [0.15, 0.2) is 18.2 Å². The van der Waals surface area contributed by atoms with Gasteiger partial charge in [-0.05, 0) is 56.2 Å². The number of amides is 1. The summed E-state index contributed by atoms with van der Waals surface area (Å²) in [6.45, 7) is 0.446. The van der Waals surface area contributed by atoms with E-state index in [1.54, 1.807) is 32.4 Å². The fraction of sp³-hybridized carbons (Fsp3) is 0.545. The molecular weight excluding hydrogens is 354 g/mol. The molecule has 1 aromatic heterocycles. The second kappa shape index (κ2) is 8.25. The second-order valence-electron chi connectivity index (χ2n) is 7.69. The van der Waals surface area contributed by atoms with Gasteiger partial charge in [0.05, 0.1) is 38.1 Å². The minimum absolute atomic E-state index is 0.171. The van der Waals surface area contributed by atoms with Crippen LogP contribution >= 0.6 is 0 Å². The summed E-state index contributed by atoms with van der Waals surface area (Å²) in [5.74, 6) is 0.842. The first-order chi connectivity index (χ1) is 13.7. The van der Waals surface area contributed by atoms with Crippen LogP contribution in [-0.4, -0.2) is 29.9 Å². The molecule has 1 amide bonds. The minimum Gasteiger partial charge on any atom is -0.493 e. The van der Waals surface area contributed by atoms with Crippen molar-refractivity contribution in [2.45, 2.75) is 64.0 Å². The average molecular weight is 383 g/mol. The maximum absolute atomic E-state index is 12.8. The van der Waals surface area contributed by atoms with Crippen molar-refractivity contribution in [3.05, 3.63) is 40.7 Å². The molecule has 6 heteroatoms. The summed E-state index contributed by atoms with van der Waals surface area (Å²) in [5, 5.41) is 8.01. The van der Waals surface area contributed by atoms with Gasteiger partial charge in [0.15, 0.2) is 11.5 Å². The van der Waals surface area contributed by atoms with Crippen LogP contribution in [0, 0.1) is 0 Å². The lowest BCUT2D eigenvalue weighted by Crippen LogP contribution is -2.24. The predicted octanol–water partition coefficient (Wildman–Crippen LogP) is 3.82. The first-order valence-corrected chi connectivity index (χ1v) is 10.3. The van der Waals surface area contributed by atoms with Crippen molar-refractivity contribution in [1.29, 1.82) is 0 Å². The van der Waals surface area contributed by atoms with Crippen molar-refractivity contribution >= 4 is 5.91 Å². The fourth-order valence-electron chi connectivity index (χ4n) is 4.62. The molecule has 0 saturated heterocycles. The molecule has 1 N–H and O–H groups in total. The average Bonchev–Trinajstić information content (AvgIpc) is 3.39. The number of rotatable bonds is 6. The van der Waals surface area contributed by atoms with E-state index in [1.165, 1.54) is 49.8 Å². The number of nitrogens with one attached hydrogen (secondary N) is 1. The molecule has 6 nitrogen and oxygen atoms in total. The normalized spacial score (nSPS) is 16.6. The van der Waals surface area contributed by atoms with E-state index in [9.17, 15) is 4.79 Å². The molecule has 0 radical (unpaired) electrons. The Labute approximate surface area is 166 Å². The minimum atomic E-state index is -0.171. The van der Waals surface area contributed by atoms with Gasteiger partial charge >= 0.3 is 0 Å². The van der Waals surface area contributed by atoms with E-state index in [0.717, 1.165) is 18.5 Å². The summed E-state index contributed by atoms with van der Waals surface area (Å²) < 4.78 is 13.0. The van der Waals surface area contributed by atoms with Crippen LogP contribution in [0.4, 0.5) is 0 Å². The first kappa shape index (κ1) is 18.8. The van der Waals surface area contributed by atoms with Gasteiger partial charge in [0, 0.05) is 5.69 Å². The van der Waals surface area contributed by atoms with Gasteiger partial charge in [-0.25, -0.2) is 0 Å². The van der Waals surface area contributed by atoms with E-state index in [-0.39, 0.29) is 5.91 Å². The molecule has 2 aliphatic rings. The fourth-order valence-corrected chi connectivity index (χ4v) is 4.62. The Kier molecular flexibility index (Phi) is 5.55.